The number of halogens is 2. The Bertz CT molecular complexity index is 823. The third-order valence-electron chi connectivity index (χ3n) is 5.22. The lowest BCUT2D eigenvalue weighted by Gasteiger charge is -2.25. The normalized spacial score (nSPS) is 19.9. The molecule has 150 valence electrons. The quantitative estimate of drug-likeness (QED) is 0.296. The van der Waals surface area contributed by atoms with Crippen LogP contribution in [0.3, 0.4) is 0 Å². The first-order chi connectivity index (χ1) is 13.2. The van der Waals surface area contributed by atoms with Crippen molar-refractivity contribution in [1.29, 1.82) is 0 Å². The van der Waals surface area contributed by atoms with E-state index in [1.165, 1.54) is 6.42 Å². The third-order valence-corrected chi connectivity index (χ3v) is 5.47. The molecule has 2 aliphatic rings. The fraction of sp³-hybridized carbons (Fsp3) is 0.400. The van der Waals surface area contributed by atoms with Crippen LogP contribution in [0.1, 0.15) is 12.0 Å². The zero-order chi connectivity index (χ0) is 18.6. The number of rotatable bonds is 4. The maximum Gasteiger partial charge on any atom is 0.193 e. The van der Waals surface area contributed by atoms with Crippen molar-refractivity contribution >= 4 is 41.5 Å². The van der Waals surface area contributed by atoms with Gasteiger partial charge in [0.25, 0.3) is 0 Å². The summed E-state index contributed by atoms with van der Waals surface area (Å²) in [5.74, 6) is 0.962. The van der Waals surface area contributed by atoms with Crippen LogP contribution in [0.15, 0.2) is 53.8 Å². The predicted molar refractivity (Wildman–Crippen MR) is 125 cm³/mol. The summed E-state index contributed by atoms with van der Waals surface area (Å²) >= 11 is 5.95. The SMILES string of the molecule is CN=C(NCc1cnn(-c2ccc(Cl)cc2)c1)N1CCC(N2CC=CC2)C1.I. The minimum Gasteiger partial charge on any atom is -0.352 e. The molecule has 0 amide bonds. The maximum absolute atomic E-state index is 5.95. The predicted octanol–water partition coefficient (Wildman–Crippen LogP) is 3.17. The van der Waals surface area contributed by atoms with E-state index in [4.69, 9.17) is 11.6 Å². The highest BCUT2D eigenvalue weighted by Crippen LogP contribution is 2.18. The number of benzene rings is 1. The molecule has 1 saturated heterocycles. The van der Waals surface area contributed by atoms with Gasteiger partial charge in [-0.2, -0.15) is 5.10 Å². The average Bonchev–Trinajstić information content (AvgIpc) is 3.44. The van der Waals surface area contributed by atoms with E-state index in [0.717, 1.165) is 48.4 Å². The molecule has 4 rings (SSSR count). The number of nitrogens with one attached hydrogen (secondary N) is 1. The summed E-state index contributed by atoms with van der Waals surface area (Å²) in [6.07, 6.45) is 9.63. The topological polar surface area (TPSA) is 48.7 Å². The van der Waals surface area contributed by atoms with Gasteiger partial charge in [0.1, 0.15) is 0 Å². The van der Waals surface area contributed by atoms with Crippen molar-refractivity contribution in [2.24, 2.45) is 4.99 Å². The molecule has 1 atom stereocenters. The minimum atomic E-state index is 0. The van der Waals surface area contributed by atoms with Gasteiger partial charge in [0, 0.05) is 62.6 Å². The van der Waals surface area contributed by atoms with Crippen LogP contribution in [-0.4, -0.2) is 64.8 Å². The molecule has 6 nitrogen and oxygen atoms in total. The number of hydrogen-bond acceptors (Lipinski definition) is 3. The Balaban J connectivity index is 0.00000225. The Morgan fingerprint density at radius 1 is 1.25 bits per heavy atom. The van der Waals surface area contributed by atoms with E-state index in [1.54, 1.807) is 0 Å². The Labute approximate surface area is 188 Å². The van der Waals surface area contributed by atoms with Gasteiger partial charge >= 0.3 is 0 Å². The number of hydrogen-bond donors (Lipinski definition) is 1. The molecule has 2 aliphatic heterocycles. The molecule has 28 heavy (non-hydrogen) atoms. The van der Waals surface area contributed by atoms with Crippen molar-refractivity contribution < 1.29 is 0 Å². The van der Waals surface area contributed by atoms with Crippen molar-refractivity contribution in [2.75, 3.05) is 33.2 Å². The lowest BCUT2D eigenvalue weighted by molar-refractivity contribution is 0.259. The number of aromatic nitrogens is 2. The molecule has 8 heteroatoms. The Hall–Kier alpha value is -1.58. The molecule has 2 aromatic rings. The molecule has 1 unspecified atom stereocenters. The van der Waals surface area contributed by atoms with Gasteiger partial charge in [-0.25, -0.2) is 4.68 Å². The fourth-order valence-electron chi connectivity index (χ4n) is 3.72. The number of aliphatic imine (C=N–C) groups is 1. The zero-order valence-electron chi connectivity index (χ0n) is 16.0. The fourth-order valence-corrected chi connectivity index (χ4v) is 3.85. The summed E-state index contributed by atoms with van der Waals surface area (Å²) in [7, 11) is 1.85. The van der Waals surface area contributed by atoms with E-state index in [0.29, 0.717) is 12.6 Å². The van der Waals surface area contributed by atoms with Gasteiger partial charge in [0.15, 0.2) is 5.96 Å². The summed E-state index contributed by atoms with van der Waals surface area (Å²) in [6.45, 7) is 4.94. The monoisotopic (exact) mass is 512 g/mol. The van der Waals surface area contributed by atoms with Crippen LogP contribution in [0, 0.1) is 0 Å². The smallest absolute Gasteiger partial charge is 0.193 e. The Morgan fingerprint density at radius 2 is 2.00 bits per heavy atom. The van der Waals surface area contributed by atoms with E-state index in [1.807, 2.05) is 48.4 Å². The molecule has 3 heterocycles. The second-order valence-electron chi connectivity index (χ2n) is 6.98. The van der Waals surface area contributed by atoms with Gasteiger partial charge in [-0.3, -0.25) is 9.89 Å². The van der Waals surface area contributed by atoms with Crippen LogP contribution in [0.25, 0.3) is 5.69 Å². The molecule has 0 spiro atoms. The second kappa shape index (κ2) is 9.76. The molecule has 1 aromatic carbocycles. The van der Waals surface area contributed by atoms with Gasteiger partial charge < -0.3 is 10.2 Å². The lowest BCUT2D eigenvalue weighted by atomic mass is 10.2. The second-order valence-corrected chi connectivity index (χ2v) is 7.42. The van der Waals surface area contributed by atoms with E-state index >= 15 is 0 Å². The third kappa shape index (κ3) is 4.87. The molecule has 1 aromatic heterocycles. The molecule has 0 aliphatic carbocycles. The largest absolute Gasteiger partial charge is 0.352 e. The van der Waals surface area contributed by atoms with Crippen LogP contribution >= 0.6 is 35.6 Å². The van der Waals surface area contributed by atoms with Crippen LogP contribution in [0.4, 0.5) is 0 Å². The molecule has 0 saturated carbocycles. The van der Waals surface area contributed by atoms with Crippen molar-refractivity contribution in [3.8, 4) is 5.69 Å². The molecule has 1 N–H and O–H groups in total. The standard InChI is InChI=1S/C20H25ClN6.HI/c1-22-20(26-11-8-19(15-26)25-9-2-3-10-25)23-12-16-13-24-27(14-16)18-6-4-17(21)5-7-18;/h2-7,13-14,19H,8-12,15H2,1H3,(H,22,23);1H. The van der Waals surface area contributed by atoms with Crippen molar-refractivity contribution in [3.05, 3.63) is 59.4 Å². The summed E-state index contributed by atoms with van der Waals surface area (Å²) in [6, 6.07) is 8.29. The molecule has 0 bridgehead atoms. The summed E-state index contributed by atoms with van der Waals surface area (Å²) in [5.41, 5.74) is 2.11. The summed E-state index contributed by atoms with van der Waals surface area (Å²) in [5, 5.41) is 8.66. The van der Waals surface area contributed by atoms with Gasteiger partial charge in [0.05, 0.1) is 11.9 Å². The zero-order valence-corrected chi connectivity index (χ0v) is 19.0. The van der Waals surface area contributed by atoms with Crippen LogP contribution in [0.2, 0.25) is 5.02 Å². The minimum absolute atomic E-state index is 0. The first-order valence-corrected chi connectivity index (χ1v) is 9.75. The first kappa shape index (κ1) is 21.1. The van der Waals surface area contributed by atoms with E-state index in [9.17, 15) is 0 Å². The van der Waals surface area contributed by atoms with E-state index in [2.05, 4.69) is 37.4 Å². The van der Waals surface area contributed by atoms with Gasteiger partial charge in [-0.1, -0.05) is 23.8 Å². The van der Waals surface area contributed by atoms with Crippen molar-refractivity contribution in [3.63, 3.8) is 0 Å². The van der Waals surface area contributed by atoms with Crippen molar-refractivity contribution in [2.45, 2.75) is 19.0 Å². The summed E-state index contributed by atoms with van der Waals surface area (Å²) < 4.78 is 1.86. The van der Waals surface area contributed by atoms with E-state index in [-0.39, 0.29) is 24.0 Å². The van der Waals surface area contributed by atoms with Gasteiger partial charge in [-0.05, 0) is 30.7 Å². The van der Waals surface area contributed by atoms with Gasteiger partial charge in [-0.15, -0.1) is 24.0 Å². The molecule has 1 fully saturated rings. The van der Waals surface area contributed by atoms with E-state index < -0.39 is 0 Å². The number of guanidine groups is 1. The maximum atomic E-state index is 5.95. The van der Waals surface area contributed by atoms with Crippen molar-refractivity contribution in [1.82, 2.24) is 24.9 Å². The molecular weight excluding hydrogens is 487 g/mol. The highest BCUT2D eigenvalue weighted by molar-refractivity contribution is 14.0. The number of likely N-dealkylation sites (tertiary alicyclic amines) is 1. The number of nitrogens with zero attached hydrogens (tertiary/aromatic N) is 5. The highest BCUT2D eigenvalue weighted by Gasteiger charge is 2.29. The molecular formula is C20H26ClIN6. The highest BCUT2D eigenvalue weighted by atomic mass is 127. The van der Waals surface area contributed by atoms with Crippen LogP contribution in [0.5, 0.6) is 0 Å². The lowest BCUT2D eigenvalue weighted by Crippen LogP contribution is -2.42. The average molecular weight is 513 g/mol. The molecule has 0 radical (unpaired) electrons. The van der Waals surface area contributed by atoms with Crippen LogP contribution < -0.4 is 5.32 Å². The summed E-state index contributed by atoms with van der Waals surface area (Å²) in [4.78, 5) is 9.36. The van der Waals surface area contributed by atoms with Crippen LogP contribution in [-0.2, 0) is 6.54 Å². The van der Waals surface area contributed by atoms with Gasteiger partial charge in [0.2, 0.25) is 0 Å². The first-order valence-electron chi connectivity index (χ1n) is 9.37. The Morgan fingerprint density at radius 3 is 2.71 bits per heavy atom. The Kier molecular flexibility index (Phi) is 7.36.